The van der Waals surface area contributed by atoms with Gasteiger partial charge in [0, 0.05) is 17.6 Å². The van der Waals surface area contributed by atoms with Gasteiger partial charge >= 0.3 is 0 Å². The summed E-state index contributed by atoms with van der Waals surface area (Å²) in [5.41, 5.74) is 0.569. The predicted octanol–water partition coefficient (Wildman–Crippen LogP) is 2.80. The number of carbonyl (C=O) groups excluding carboxylic acids is 1. The number of thioether (sulfide) groups is 1. The maximum absolute atomic E-state index is 12.5. The standard InChI is InChI=1S/C15H18BrN3O2S/c1-3-7-17-13(20)9-22-15-18-12-6-5-10(16)8-11(12)14(21)19(15)4-2/h5-6,8H,3-4,7,9H2,1-2H3,(H,17,20). The first-order valence-corrected chi connectivity index (χ1v) is 8.94. The van der Waals surface area contributed by atoms with Crippen molar-refractivity contribution < 1.29 is 4.79 Å². The summed E-state index contributed by atoms with van der Waals surface area (Å²) < 4.78 is 2.45. The number of amides is 1. The molecule has 118 valence electrons. The quantitative estimate of drug-likeness (QED) is 0.615. The topological polar surface area (TPSA) is 64.0 Å². The van der Waals surface area contributed by atoms with Crippen molar-refractivity contribution in [2.24, 2.45) is 0 Å². The van der Waals surface area contributed by atoms with Gasteiger partial charge in [-0.25, -0.2) is 4.98 Å². The zero-order valence-corrected chi connectivity index (χ0v) is 15.0. The van der Waals surface area contributed by atoms with Gasteiger partial charge in [0.1, 0.15) is 0 Å². The summed E-state index contributed by atoms with van der Waals surface area (Å²) in [6, 6.07) is 5.44. The number of fused-ring (bicyclic) bond motifs is 1. The number of halogens is 1. The molecule has 0 atom stereocenters. The van der Waals surface area contributed by atoms with Gasteiger partial charge in [-0.3, -0.25) is 14.2 Å². The van der Waals surface area contributed by atoms with Gasteiger partial charge in [0.15, 0.2) is 5.16 Å². The number of nitrogens with zero attached hydrogens (tertiary/aromatic N) is 2. The van der Waals surface area contributed by atoms with Crippen LogP contribution in [-0.4, -0.2) is 27.8 Å². The van der Waals surface area contributed by atoms with E-state index in [4.69, 9.17) is 0 Å². The molecule has 0 unspecified atom stereocenters. The van der Waals surface area contributed by atoms with E-state index in [1.807, 2.05) is 26.0 Å². The van der Waals surface area contributed by atoms with E-state index >= 15 is 0 Å². The van der Waals surface area contributed by atoms with Crippen molar-refractivity contribution in [3.8, 4) is 0 Å². The molecule has 1 N–H and O–H groups in total. The van der Waals surface area contributed by atoms with Crippen molar-refractivity contribution >= 4 is 44.5 Å². The van der Waals surface area contributed by atoms with Gasteiger partial charge < -0.3 is 5.32 Å². The molecule has 0 aliphatic carbocycles. The van der Waals surface area contributed by atoms with Crippen LogP contribution < -0.4 is 10.9 Å². The summed E-state index contributed by atoms with van der Waals surface area (Å²) in [5, 5.41) is 3.98. The highest BCUT2D eigenvalue weighted by Gasteiger charge is 2.12. The van der Waals surface area contributed by atoms with Crippen molar-refractivity contribution in [2.45, 2.75) is 32.0 Å². The van der Waals surface area contributed by atoms with Crippen LogP contribution in [0.4, 0.5) is 0 Å². The smallest absolute Gasteiger partial charge is 0.262 e. The largest absolute Gasteiger partial charge is 0.355 e. The number of benzene rings is 1. The molecule has 0 saturated carbocycles. The third-order valence-electron chi connectivity index (χ3n) is 3.10. The van der Waals surface area contributed by atoms with E-state index in [-0.39, 0.29) is 17.2 Å². The summed E-state index contributed by atoms with van der Waals surface area (Å²) >= 11 is 4.66. The van der Waals surface area contributed by atoms with Crippen LogP contribution in [0.25, 0.3) is 10.9 Å². The van der Waals surface area contributed by atoms with Crippen LogP contribution in [0.5, 0.6) is 0 Å². The van der Waals surface area contributed by atoms with Crippen LogP contribution in [0.2, 0.25) is 0 Å². The van der Waals surface area contributed by atoms with Gasteiger partial charge in [-0.2, -0.15) is 0 Å². The van der Waals surface area contributed by atoms with E-state index < -0.39 is 0 Å². The van der Waals surface area contributed by atoms with E-state index in [0.29, 0.717) is 29.1 Å². The highest BCUT2D eigenvalue weighted by Crippen LogP contribution is 2.20. The second-order valence-electron chi connectivity index (χ2n) is 4.74. The van der Waals surface area contributed by atoms with Crippen LogP contribution in [0.15, 0.2) is 32.6 Å². The van der Waals surface area contributed by atoms with Crippen LogP contribution in [0.3, 0.4) is 0 Å². The first kappa shape index (κ1) is 17.0. The average molecular weight is 384 g/mol. The highest BCUT2D eigenvalue weighted by atomic mass is 79.9. The van der Waals surface area contributed by atoms with E-state index in [1.165, 1.54) is 11.8 Å². The van der Waals surface area contributed by atoms with E-state index in [2.05, 4.69) is 26.2 Å². The Morgan fingerprint density at radius 1 is 1.41 bits per heavy atom. The molecule has 1 amide bonds. The number of carbonyl (C=O) groups is 1. The molecule has 2 rings (SSSR count). The minimum absolute atomic E-state index is 0.0420. The summed E-state index contributed by atoms with van der Waals surface area (Å²) in [6.07, 6.45) is 0.902. The summed E-state index contributed by atoms with van der Waals surface area (Å²) in [7, 11) is 0. The van der Waals surface area contributed by atoms with E-state index in [9.17, 15) is 9.59 Å². The number of rotatable bonds is 6. The van der Waals surface area contributed by atoms with E-state index in [0.717, 1.165) is 10.9 Å². The molecular formula is C15H18BrN3O2S. The summed E-state index contributed by atoms with van der Waals surface area (Å²) in [5.74, 6) is 0.216. The normalized spacial score (nSPS) is 10.9. The van der Waals surface area contributed by atoms with Crippen LogP contribution >= 0.6 is 27.7 Å². The minimum Gasteiger partial charge on any atom is -0.355 e. The van der Waals surface area contributed by atoms with Gasteiger partial charge in [0.2, 0.25) is 5.91 Å². The lowest BCUT2D eigenvalue weighted by molar-refractivity contribution is -0.118. The number of hydrogen-bond acceptors (Lipinski definition) is 4. The Hall–Kier alpha value is -1.34. The number of aromatic nitrogens is 2. The van der Waals surface area contributed by atoms with Gasteiger partial charge in [-0.1, -0.05) is 34.6 Å². The van der Waals surface area contributed by atoms with Crippen molar-refractivity contribution in [1.82, 2.24) is 14.9 Å². The molecule has 0 fully saturated rings. The lowest BCUT2D eigenvalue weighted by atomic mass is 10.2. The lowest BCUT2D eigenvalue weighted by Crippen LogP contribution is -2.27. The first-order valence-electron chi connectivity index (χ1n) is 7.16. The Morgan fingerprint density at radius 2 is 2.18 bits per heavy atom. The number of nitrogens with one attached hydrogen (secondary N) is 1. The molecule has 1 aromatic heterocycles. The zero-order chi connectivity index (χ0) is 16.1. The van der Waals surface area contributed by atoms with Crippen molar-refractivity contribution in [3.05, 3.63) is 33.0 Å². The van der Waals surface area contributed by atoms with Gasteiger partial charge in [0.05, 0.1) is 16.7 Å². The zero-order valence-electron chi connectivity index (χ0n) is 12.6. The molecule has 7 heteroatoms. The molecule has 0 aliphatic rings. The van der Waals surface area contributed by atoms with Gasteiger partial charge in [-0.15, -0.1) is 0 Å². The molecule has 1 aromatic carbocycles. The Balaban J connectivity index is 2.31. The third kappa shape index (κ3) is 3.89. The average Bonchev–Trinajstić information content (AvgIpc) is 2.51. The molecule has 1 heterocycles. The summed E-state index contributed by atoms with van der Waals surface area (Å²) in [6.45, 7) is 5.09. The Bertz CT molecular complexity index is 745. The Labute approximate surface area is 141 Å². The second-order valence-corrected chi connectivity index (χ2v) is 6.60. The predicted molar refractivity (Wildman–Crippen MR) is 93.4 cm³/mol. The summed E-state index contributed by atoms with van der Waals surface area (Å²) in [4.78, 5) is 28.8. The maximum Gasteiger partial charge on any atom is 0.262 e. The molecule has 0 spiro atoms. The molecular weight excluding hydrogens is 366 g/mol. The maximum atomic E-state index is 12.5. The van der Waals surface area contributed by atoms with Crippen molar-refractivity contribution in [2.75, 3.05) is 12.3 Å². The number of hydrogen-bond donors (Lipinski definition) is 1. The SMILES string of the molecule is CCCNC(=O)CSc1nc2ccc(Br)cc2c(=O)n1CC. The van der Waals surface area contributed by atoms with Crippen LogP contribution in [0, 0.1) is 0 Å². The minimum atomic E-state index is -0.0785. The van der Waals surface area contributed by atoms with Crippen LogP contribution in [-0.2, 0) is 11.3 Å². The van der Waals surface area contributed by atoms with Crippen molar-refractivity contribution in [3.63, 3.8) is 0 Å². The molecule has 0 bridgehead atoms. The molecule has 5 nitrogen and oxygen atoms in total. The molecule has 0 aliphatic heterocycles. The van der Waals surface area contributed by atoms with Gasteiger partial charge in [-0.05, 0) is 31.5 Å². The van der Waals surface area contributed by atoms with E-state index in [1.54, 1.807) is 10.6 Å². The second kappa shape index (κ2) is 7.78. The van der Waals surface area contributed by atoms with Crippen molar-refractivity contribution in [1.29, 1.82) is 0 Å². The Morgan fingerprint density at radius 3 is 2.86 bits per heavy atom. The molecule has 2 aromatic rings. The fourth-order valence-electron chi connectivity index (χ4n) is 2.01. The highest BCUT2D eigenvalue weighted by molar-refractivity contribution is 9.10. The third-order valence-corrected chi connectivity index (χ3v) is 4.57. The molecule has 22 heavy (non-hydrogen) atoms. The van der Waals surface area contributed by atoms with Gasteiger partial charge in [0.25, 0.3) is 5.56 Å². The monoisotopic (exact) mass is 383 g/mol. The molecule has 0 radical (unpaired) electrons. The fraction of sp³-hybridized carbons (Fsp3) is 0.400. The van der Waals surface area contributed by atoms with Crippen LogP contribution in [0.1, 0.15) is 20.3 Å². The fourth-order valence-corrected chi connectivity index (χ4v) is 3.26. The first-order chi connectivity index (χ1) is 10.6. The molecule has 0 saturated heterocycles. The Kier molecular flexibility index (Phi) is 6.02. The lowest BCUT2D eigenvalue weighted by Gasteiger charge is -2.11.